The van der Waals surface area contributed by atoms with Crippen molar-refractivity contribution in [3.8, 4) is 5.75 Å². The van der Waals surface area contributed by atoms with Crippen molar-refractivity contribution in [2.45, 2.75) is 63.6 Å². The van der Waals surface area contributed by atoms with Crippen LogP contribution in [-0.2, 0) is 25.4 Å². The van der Waals surface area contributed by atoms with Crippen LogP contribution in [0.15, 0.2) is 42.5 Å². The smallest absolute Gasteiger partial charge is 0.416 e. The summed E-state index contributed by atoms with van der Waals surface area (Å²) in [5.41, 5.74) is 1.71. The Kier molecular flexibility index (Phi) is 7.36. The number of rotatable bonds is 9. The standard InChI is InChI=1S/C25H31F3N2O2/c1-3-4-7-20-15-18(10-13-22(20)31)6-5-14-24(17-29-23(32)30(24)2)16-19-8-11-21(12-9-19)25(26,27)28/h8-13,15,31H,3-7,14,16-17H2,1-2H3,(H,29,32). The fraction of sp³-hybridized carbons (Fsp3) is 0.480. The highest BCUT2D eigenvalue weighted by molar-refractivity contribution is 5.77. The number of hydrogen-bond donors (Lipinski definition) is 2. The van der Waals surface area contributed by atoms with Crippen LogP contribution in [0.2, 0.25) is 0 Å². The molecule has 1 saturated heterocycles. The molecule has 174 valence electrons. The van der Waals surface area contributed by atoms with Crippen molar-refractivity contribution in [1.82, 2.24) is 10.2 Å². The molecule has 1 heterocycles. The first-order valence-electron chi connectivity index (χ1n) is 11.1. The number of aryl methyl sites for hydroxylation is 2. The van der Waals surface area contributed by atoms with Gasteiger partial charge >= 0.3 is 12.2 Å². The summed E-state index contributed by atoms with van der Waals surface area (Å²) in [6.07, 6.45) is 1.38. The van der Waals surface area contributed by atoms with Gasteiger partial charge in [-0.15, -0.1) is 0 Å². The number of benzene rings is 2. The first kappa shape index (κ1) is 24.0. The maximum absolute atomic E-state index is 12.9. The number of unbranched alkanes of at least 4 members (excludes halogenated alkanes) is 1. The molecule has 3 rings (SSSR count). The van der Waals surface area contributed by atoms with Crippen LogP contribution in [-0.4, -0.2) is 35.2 Å². The molecule has 2 aromatic carbocycles. The molecule has 1 aliphatic rings. The molecule has 1 unspecified atom stereocenters. The van der Waals surface area contributed by atoms with E-state index in [1.807, 2.05) is 6.07 Å². The Morgan fingerprint density at radius 3 is 2.34 bits per heavy atom. The first-order valence-corrected chi connectivity index (χ1v) is 11.1. The molecule has 0 spiro atoms. The molecule has 2 aromatic rings. The van der Waals surface area contributed by atoms with Gasteiger partial charge in [0.2, 0.25) is 0 Å². The fourth-order valence-corrected chi connectivity index (χ4v) is 4.39. The summed E-state index contributed by atoms with van der Waals surface area (Å²) in [7, 11) is 1.75. The van der Waals surface area contributed by atoms with Crippen LogP contribution in [0.5, 0.6) is 5.75 Å². The third-order valence-corrected chi connectivity index (χ3v) is 6.45. The number of hydrogen-bond acceptors (Lipinski definition) is 2. The maximum atomic E-state index is 12.9. The van der Waals surface area contributed by atoms with Crippen molar-refractivity contribution in [2.75, 3.05) is 13.6 Å². The van der Waals surface area contributed by atoms with Gasteiger partial charge in [-0.05, 0) is 73.4 Å². The highest BCUT2D eigenvalue weighted by Crippen LogP contribution is 2.33. The first-order chi connectivity index (χ1) is 15.1. The number of amides is 2. The SMILES string of the molecule is CCCCc1cc(CCCC2(Cc3ccc(C(F)(F)F)cc3)CNC(=O)N2C)ccc1O. The number of alkyl halides is 3. The summed E-state index contributed by atoms with van der Waals surface area (Å²) in [5, 5.41) is 13.0. The molecule has 4 nitrogen and oxygen atoms in total. The second-order valence-corrected chi connectivity index (χ2v) is 8.73. The molecule has 0 aliphatic carbocycles. The average Bonchev–Trinajstić information content (AvgIpc) is 3.02. The summed E-state index contributed by atoms with van der Waals surface area (Å²) in [6.45, 7) is 2.57. The number of aromatic hydroxyl groups is 1. The summed E-state index contributed by atoms with van der Waals surface area (Å²) in [5.74, 6) is 0.325. The van der Waals surface area contributed by atoms with Crippen LogP contribution in [0.1, 0.15) is 54.9 Å². The number of likely N-dealkylation sites (N-methyl/N-ethyl adjacent to an activating group) is 1. The lowest BCUT2D eigenvalue weighted by molar-refractivity contribution is -0.137. The molecule has 2 amide bonds. The summed E-state index contributed by atoms with van der Waals surface area (Å²) < 4.78 is 38.7. The minimum absolute atomic E-state index is 0.164. The van der Waals surface area contributed by atoms with Gasteiger partial charge in [-0.3, -0.25) is 0 Å². The number of urea groups is 1. The summed E-state index contributed by atoms with van der Waals surface area (Å²) in [4.78, 5) is 13.9. The molecule has 0 bridgehead atoms. The lowest BCUT2D eigenvalue weighted by Gasteiger charge is -2.35. The predicted molar refractivity (Wildman–Crippen MR) is 119 cm³/mol. The monoisotopic (exact) mass is 448 g/mol. The van der Waals surface area contributed by atoms with E-state index in [0.717, 1.165) is 60.9 Å². The van der Waals surface area contributed by atoms with Crippen molar-refractivity contribution < 1.29 is 23.1 Å². The fourth-order valence-electron chi connectivity index (χ4n) is 4.39. The Morgan fingerprint density at radius 2 is 1.75 bits per heavy atom. The molecule has 1 fully saturated rings. The van der Waals surface area contributed by atoms with Gasteiger partial charge in [0.1, 0.15) is 5.75 Å². The zero-order valence-electron chi connectivity index (χ0n) is 18.6. The highest BCUT2D eigenvalue weighted by atomic mass is 19.4. The second-order valence-electron chi connectivity index (χ2n) is 8.73. The number of nitrogens with one attached hydrogen (secondary N) is 1. The minimum Gasteiger partial charge on any atom is -0.508 e. The van der Waals surface area contributed by atoms with Gasteiger partial charge in [-0.1, -0.05) is 37.6 Å². The van der Waals surface area contributed by atoms with Gasteiger partial charge in [0.05, 0.1) is 11.1 Å². The molecule has 0 saturated carbocycles. The molecule has 32 heavy (non-hydrogen) atoms. The van der Waals surface area contributed by atoms with E-state index in [9.17, 15) is 23.1 Å². The van der Waals surface area contributed by atoms with Gasteiger partial charge in [0, 0.05) is 13.6 Å². The molecule has 1 aliphatic heterocycles. The van der Waals surface area contributed by atoms with Gasteiger partial charge in [-0.25, -0.2) is 4.79 Å². The van der Waals surface area contributed by atoms with Gasteiger partial charge < -0.3 is 15.3 Å². The Hall–Kier alpha value is -2.70. The van der Waals surface area contributed by atoms with Gasteiger partial charge in [0.15, 0.2) is 0 Å². The van der Waals surface area contributed by atoms with E-state index in [4.69, 9.17) is 0 Å². The van der Waals surface area contributed by atoms with Crippen LogP contribution in [0.4, 0.5) is 18.0 Å². The van der Waals surface area contributed by atoms with E-state index >= 15 is 0 Å². The number of carbonyl (C=O) groups is 1. The Labute approximate surface area is 187 Å². The highest BCUT2D eigenvalue weighted by Gasteiger charge is 2.42. The van der Waals surface area contributed by atoms with E-state index in [1.165, 1.54) is 12.1 Å². The zero-order valence-corrected chi connectivity index (χ0v) is 18.6. The van der Waals surface area contributed by atoms with Crippen LogP contribution in [0.3, 0.4) is 0 Å². The molecule has 0 radical (unpaired) electrons. The predicted octanol–water partition coefficient (Wildman–Crippen LogP) is 5.71. The Bertz CT molecular complexity index is 928. The quantitative estimate of drug-likeness (QED) is 0.516. The van der Waals surface area contributed by atoms with Crippen LogP contribution >= 0.6 is 0 Å². The van der Waals surface area contributed by atoms with Crippen LogP contribution in [0.25, 0.3) is 0 Å². The van der Waals surface area contributed by atoms with Crippen molar-refractivity contribution in [3.05, 3.63) is 64.7 Å². The normalized spacial score (nSPS) is 18.8. The van der Waals surface area contributed by atoms with E-state index in [1.54, 1.807) is 18.0 Å². The third-order valence-electron chi connectivity index (χ3n) is 6.45. The molecular formula is C25H31F3N2O2. The molecule has 2 N–H and O–H groups in total. The summed E-state index contributed by atoms with van der Waals surface area (Å²) in [6, 6.07) is 10.8. The van der Waals surface area contributed by atoms with Crippen molar-refractivity contribution in [3.63, 3.8) is 0 Å². The largest absolute Gasteiger partial charge is 0.508 e. The number of halogens is 3. The van der Waals surface area contributed by atoms with E-state index in [-0.39, 0.29) is 6.03 Å². The van der Waals surface area contributed by atoms with Crippen molar-refractivity contribution in [2.24, 2.45) is 0 Å². The topological polar surface area (TPSA) is 52.6 Å². The molecule has 7 heteroatoms. The molecular weight excluding hydrogens is 417 g/mol. The average molecular weight is 449 g/mol. The second kappa shape index (κ2) is 9.84. The van der Waals surface area contributed by atoms with Gasteiger partial charge in [0.25, 0.3) is 0 Å². The van der Waals surface area contributed by atoms with Gasteiger partial charge in [-0.2, -0.15) is 13.2 Å². The Morgan fingerprint density at radius 1 is 1.06 bits per heavy atom. The van der Waals surface area contributed by atoms with Crippen LogP contribution in [0, 0.1) is 0 Å². The third kappa shape index (κ3) is 5.56. The maximum Gasteiger partial charge on any atom is 0.416 e. The van der Waals surface area contributed by atoms with Crippen LogP contribution < -0.4 is 5.32 Å². The number of phenols is 1. The lowest BCUT2D eigenvalue weighted by atomic mass is 9.84. The number of phenolic OH excluding ortho intramolecular Hbond substituents is 1. The van der Waals surface area contributed by atoms with E-state index in [2.05, 4.69) is 18.3 Å². The van der Waals surface area contributed by atoms with Crippen molar-refractivity contribution >= 4 is 6.03 Å². The molecule has 0 aromatic heterocycles. The Balaban J connectivity index is 1.70. The van der Waals surface area contributed by atoms with E-state index in [0.29, 0.717) is 25.1 Å². The minimum atomic E-state index is -4.36. The summed E-state index contributed by atoms with van der Waals surface area (Å²) >= 11 is 0. The number of carbonyl (C=O) groups excluding carboxylic acids is 1. The number of nitrogens with zero attached hydrogens (tertiary/aromatic N) is 1. The zero-order chi connectivity index (χ0) is 23.4. The molecule has 1 atom stereocenters. The van der Waals surface area contributed by atoms with Crippen molar-refractivity contribution in [1.29, 1.82) is 0 Å². The van der Waals surface area contributed by atoms with E-state index < -0.39 is 17.3 Å². The lowest BCUT2D eigenvalue weighted by Crippen LogP contribution is -2.46.